The summed E-state index contributed by atoms with van der Waals surface area (Å²) in [6.45, 7) is 6.18. The smallest absolute Gasteiger partial charge is 0.314 e. The van der Waals surface area contributed by atoms with Gasteiger partial charge in [-0.1, -0.05) is 0 Å². The Morgan fingerprint density at radius 3 is 2.11 bits per heavy atom. The molecule has 7 heteroatoms. The molecule has 0 atom stereocenters. The van der Waals surface area contributed by atoms with E-state index in [2.05, 4.69) is 51.7 Å². The fraction of sp³-hybridized carbons (Fsp3) is 0.143. The molecule has 0 saturated heterocycles. The van der Waals surface area contributed by atoms with Gasteiger partial charge in [0.1, 0.15) is 0 Å². The monoisotopic (exact) mass is 392 g/mol. The highest BCUT2D eigenvalue weighted by atomic mass is 32.2. The van der Waals surface area contributed by atoms with Crippen LogP contribution in [0.1, 0.15) is 16.7 Å². The van der Waals surface area contributed by atoms with Crippen molar-refractivity contribution < 1.29 is 0 Å². The fourth-order valence-corrected chi connectivity index (χ4v) is 4.18. The summed E-state index contributed by atoms with van der Waals surface area (Å²) in [4.78, 5) is 32.4. The van der Waals surface area contributed by atoms with Crippen LogP contribution in [0.5, 0.6) is 0 Å². The Balaban J connectivity index is 1.63. The molecule has 0 fully saturated rings. The molecule has 28 heavy (non-hydrogen) atoms. The second-order valence-corrected chi connectivity index (χ2v) is 7.71. The standard InChI is InChI=1S/C21H20N4O2S/c1-11-8-16-17(24-21(27)20(26)23-16)9-18(11)28-25-15-6-12(2)19(13(3)7-15)14-4-5-22-10-14/h4-10,22,25H,1-3H3,(H,23,26)(H,24,27). The number of hydrogen-bond acceptors (Lipinski definition) is 4. The van der Waals surface area contributed by atoms with Crippen LogP contribution in [-0.4, -0.2) is 15.0 Å². The summed E-state index contributed by atoms with van der Waals surface area (Å²) in [5, 5.41) is 0. The number of H-pyrrole nitrogens is 3. The molecule has 4 rings (SSSR count). The van der Waals surface area contributed by atoms with Gasteiger partial charge in [0.05, 0.1) is 11.0 Å². The minimum atomic E-state index is -0.646. The summed E-state index contributed by atoms with van der Waals surface area (Å²) in [5.41, 5.74) is 6.76. The van der Waals surface area contributed by atoms with Crippen molar-refractivity contribution in [3.8, 4) is 11.1 Å². The molecule has 0 saturated carbocycles. The zero-order chi connectivity index (χ0) is 19.8. The number of hydrogen-bond donors (Lipinski definition) is 4. The fourth-order valence-electron chi connectivity index (χ4n) is 3.43. The van der Waals surface area contributed by atoms with Crippen molar-refractivity contribution in [1.82, 2.24) is 15.0 Å². The van der Waals surface area contributed by atoms with E-state index in [1.165, 1.54) is 34.2 Å². The largest absolute Gasteiger partial charge is 0.367 e. The number of aromatic nitrogens is 3. The topological polar surface area (TPSA) is 93.5 Å². The number of anilines is 1. The van der Waals surface area contributed by atoms with Crippen molar-refractivity contribution in [2.24, 2.45) is 0 Å². The number of rotatable bonds is 4. The summed E-state index contributed by atoms with van der Waals surface area (Å²) >= 11 is 1.48. The quantitative estimate of drug-likeness (QED) is 0.308. The summed E-state index contributed by atoms with van der Waals surface area (Å²) in [6.07, 6.45) is 3.93. The molecule has 0 unspecified atom stereocenters. The number of aromatic amines is 3. The first-order valence-electron chi connectivity index (χ1n) is 8.86. The Labute approximate surface area is 165 Å². The van der Waals surface area contributed by atoms with Crippen LogP contribution in [0.25, 0.3) is 22.2 Å². The third-order valence-corrected chi connectivity index (χ3v) is 5.71. The lowest BCUT2D eigenvalue weighted by molar-refractivity contribution is 1.13. The molecule has 0 aliphatic carbocycles. The van der Waals surface area contributed by atoms with Crippen molar-refractivity contribution in [2.75, 3.05) is 4.72 Å². The van der Waals surface area contributed by atoms with Gasteiger partial charge < -0.3 is 19.7 Å². The molecular formula is C21H20N4O2S. The molecule has 2 aromatic carbocycles. The molecule has 0 bridgehead atoms. The Morgan fingerprint density at radius 1 is 0.857 bits per heavy atom. The first kappa shape index (κ1) is 18.2. The minimum absolute atomic E-state index is 0.606. The average Bonchev–Trinajstić information content (AvgIpc) is 3.15. The van der Waals surface area contributed by atoms with Gasteiger partial charge >= 0.3 is 11.1 Å². The highest BCUT2D eigenvalue weighted by Crippen LogP contribution is 2.32. The molecule has 4 aromatic rings. The second kappa shape index (κ2) is 7.09. The number of fused-ring (bicyclic) bond motifs is 1. The Bertz CT molecular complexity index is 1260. The van der Waals surface area contributed by atoms with E-state index >= 15 is 0 Å². The number of benzene rings is 2. The Kier molecular flexibility index (Phi) is 4.60. The minimum Gasteiger partial charge on any atom is -0.367 e. The zero-order valence-corrected chi connectivity index (χ0v) is 16.6. The highest BCUT2D eigenvalue weighted by Gasteiger charge is 2.10. The first-order chi connectivity index (χ1) is 13.4. The van der Waals surface area contributed by atoms with E-state index in [9.17, 15) is 9.59 Å². The van der Waals surface area contributed by atoms with Gasteiger partial charge in [0.2, 0.25) is 0 Å². The molecule has 0 aliphatic heterocycles. The van der Waals surface area contributed by atoms with E-state index in [1.807, 2.05) is 31.5 Å². The molecule has 142 valence electrons. The first-order valence-corrected chi connectivity index (χ1v) is 9.68. The lowest BCUT2D eigenvalue weighted by Crippen LogP contribution is -2.28. The van der Waals surface area contributed by atoms with Crippen LogP contribution >= 0.6 is 11.9 Å². The van der Waals surface area contributed by atoms with E-state index in [4.69, 9.17) is 0 Å². The van der Waals surface area contributed by atoms with Crippen molar-refractivity contribution in [1.29, 1.82) is 0 Å². The average molecular weight is 392 g/mol. The van der Waals surface area contributed by atoms with Gasteiger partial charge in [0.15, 0.2) is 0 Å². The van der Waals surface area contributed by atoms with E-state index in [0.717, 1.165) is 16.1 Å². The van der Waals surface area contributed by atoms with Crippen LogP contribution < -0.4 is 15.8 Å². The van der Waals surface area contributed by atoms with Gasteiger partial charge in [-0.25, -0.2) is 0 Å². The lowest BCUT2D eigenvalue weighted by Gasteiger charge is -2.14. The molecule has 0 amide bonds. The van der Waals surface area contributed by atoms with Gasteiger partial charge in [-0.2, -0.15) is 0 Å². The van der Waals surface area contributed by atoms with Gasteiger partial charge in [0.25, 0.3) is 0 Å². The molecule has 0 radical (unpaired) electrons. The van der Waals surface area contributed by atoms with Crippen molar-refractivity contribution in [2.45, 2.75) is 25.7 Å². The Hall–Kier alpha value is -3.19. The number of nitrogens with one attached hydrogen (secondary N) is 4. The van der Waals surface area contributed by atoms with Gasteiger partial charge in [-0.05, 0) is 90.9 Å². The summed E-state index contributed by atoms with van der Waals surface area (Å²) in [7, 11) is 0. The van der Waals surface area contributed by atoms with Crippen molar-refractivity contribution >= 4 is 28.7 Å². The van der Waals surface area contributed by atoms with Crippen LogP contribution in [0.15, 0.2) is 57.2 Å². The number of aryl methyl sites for hydroxylation is 3. The van der Waals surface area contributed by atoms with Crippen LogP contribution in [0.3, 0.4) is 0 Å². The molecule has 4 N–H and O–H groups in total. The summed E-state index contributed by atoms with van der Waals surface area (Å²) in [6, 6.07) is 10.0. The SMILES string of the molecule is Cc1cc2[nH]c(=O)c(=O)[nH]c2cc1SNc1cc(C)c(-c2cc[nH]c2)c(C)c1. The lowest BCUT2D eigenvalue weighted by atomic mass is 9.97. The van der Waals surface area contributed by atoms with Crippen LogP contribution in [0, 0.1) is 20.8 Å². The van der Waals surface area contributed by atoms with Gasteiger partial charge in [-0.3, -0.25) is 9.59 Å². The maximum absolute atomic E-state index is 11.6. The predicted molar refractivity (Wildman–Crippen MR) is 115 cm³/mol. The van der Waals surface area contributed by atoms with Crippen molar-refractivity contribution in [3.05, 3.63) is 80.1 Å². The molecular weight excluding hydrogens is 372 g/mol. The van der Waals surface area contributed by atoms with E-state index in [0.29, 0.717) is 11.0 Å². The molecule has 2 aromatic heterocycles. The van der Waals surface area contributed by atoms with Gasteiger partial charge in [-0.15, -0.1) is 0 Å². The van der Waals surface area contributed by atoms with Crippen LogP contribution in [0.2, 0.25) is 0 Å². The summed E-state index contributed by atoms with van der Waals surface area (Å²) < 4.78 is 3.39. The molecule has 6 nitrogen and oxygen atoms in total. The maximum Gasteiger partial charge on any atom is 0.314 e. The van der Waals surface area contributed by atoms with Crippen molar-refractivity contribution in [3.63, 3.8) is 0 Å². The van der Waals surface area contributed by atoms with Crippen LogP contribution in [0.4, 0.5) is 5.69 Å². The maximum atomic E-state index is 11.6. The normalized spacial score (nSPS) is 11.1. The second-order valence-electron chi connectivity index (χ2n) is 6.86. The van der Waals surface area contributed by atoms with Gasteiger partial charge in [0, 0.05) is 23.0 Å². The highest BCUT2D eigenvalue weighted by molar-refractivity contribution is 8.00. The zero-order valence-electron chi connectivity index (χ0n) is 15.8. The molecule has 2 heterocycles. The summed E-state index contributed by atoms with van der Waals surface area (Å²) in [5.74, 6) is 0. The Morgan fingerprint density at radius 2 is 1.50 bits per heavy atom. The van der Waals surface area contributed by atoms with E-state index < -0.39 is 11.1 Å². The third kappa shape index (κ3) is 3.36. The van der Waals surface area contributed by atoms with Crippen LogP contribution in [-0.2, 0) is 0 Å². The van der Waals surface area contributed by atoms with E-state index in [1.54, 1.807) is 0 Å². The molecule has 0 aliphatic rings. The predicted octanol–water partition coefficient (Wildman–Crippen LogP) is 4.26. The third-order valence-electron chi connectivity index (χ3n) is 4.72. The van der Waals surface area contributed by atoms with E-state index in [-0.39, 0.29) is 0 Å². The molecule has 0 spiro atoms.